The molecule has 0 saturated carbocycles. The van der Waals surface area contributed by atoms with Crippen molar-refractivity contribution < 1.29 is 19.1 Å². The molecular weight excluding hydrogens is 416 g/mol. The van der Waals surface area contributed by atoms with E-state index in [9.17, 15) is 9.59 Å². The maximum absolute atomic E-state index is 12.6. The predicted molar refractivity (Wildman–Crippen MR) is 129 cm³/mol. The average Bonchev–Trinajstić information content (AvgIpc) is 3.22. The van der Waals surface area contributed by atoms with Crippen LogP contribution in [0.3, 0.4) is 0 Å². The zero-order chi connectivity index (χ0) is 23.2. The maximum atomic E-state index is 12.6. The van der Waals surface area contributed by atoms with Gasteiger partial charge in [0.15, 0.2) is 11.5 Å². The molecule has 0 aliphatic heterocycles. The third kappa shape index (κ3) is 5.30. The second-order valence-corrected chi connectivity index (χ2v) is 7.49. The lowest BCUT2D eigenvalue weighted by Gasteiger charge is -2.09. The topological polar surface area (TPSA) is 69.6 Å². The molecule has 0 aliphatic carbocycles. The number of rotatable bonds is 7. The molecule has 6 nitrogen and oxygen atoms in total. The minimum atomic E-state index is -0.445. The number of hydrogen-bond acceptors (Lipinski definition) is 4. The van der Waals surface area contributed by atoms with E-state index in [4.69, 9.17) is 9.47 Å². The van der Waals surface area contributed by atoms with Crippen LogP contribution >= 0.6 is 0 Å². The van der Waals surface area contributed by atoms with E-state index in [2.05, 4.69) is 22.0 Å². The van der Waals surface area contributed by atoms with Crippen LogP contribution in [0.2, 0.25) is 0 Å². The lowest BCUT2D eigenvalue weighted by Crippen LogP contribution is -2.08. The van der Waals surface area contributed by atoms with Gasteiger partial charge in [-0.3, -0.25) is 9.59 Å². The minimum Gasteiger partial charge on any atom is -0.493 e. The number of methoxy groups -OCH3 is 1. The summed E-state index contributed by atoms with van der Waals surface area (Å²) in [7, 11) is 1.50. The van der Waals surface area contributed by atoms with E-state index < -0.39 is 5.97 Å². The second kappa shape index (κ2) is 9.87. The van der Waals surface area contributed by atoms with Gasteiger partial charge >= 0.3 is 5.97 Å². The number of nitrogens with zero attached hydrogens (tertiary/aromatic N) is 1. The molecule has 4 rings (SSSR count). The van der Waals surface area contributed by atoms with E-state index in [0.29, 0.717) is 17.1 Å². The summed E-state index contributed by atoms with van der Waals surface area (Å²) in [6, 6.07) is 23.2. The molecule has 0 saturated heterocycles. The lowest BCUT2D eigenvalue weighted by atomic mass is 10.1. The number of hydrogen-bond donors (Lipinski definition) is 1. The first kappa shape index (κ1) is 21.9. The molecule has 1 amide bonds. The normalized spacial score (nSPS) is 11.0. The van der Waals surface area contributed by atoms with Gasteiger partial charge in [0.25, 0.3) is 0 Å². The van der Waals surface area contributed by atoms with Gasteiger partial charge in [-0.2, -0.15) is 0 Å². The lowest BCUT2D eigenvalue weighted by molar-refractivity contribution is -0.132. The van der Waals surface area contributed by atoms with Crippen LogP contribution in [0.25, 0.3) is 17.0 Å². The van der Waals surface area contributed by atoms with Gasteiger partial charge in [0.2, 0.25) is 5.91 Å². The molecule has 0 bridgehead atoms. The number of anilines is 1. The standard InChI is InChI=1S/C27H24N2O4/c1-19(30)33-26-17-20(11-13-25(26)32-2)12-14-27(31)28-23-9-6-10-24-22(23)15-16-29(24)18-21-7-4-3-5-8-21/h3-17H,18H2,1-2H3,(H,28,31)/b14-12+. The first-order valence-electron chi connectivity index (χ1n) is 10.5. The van der Waals surface area contributed by atoms with Crippen molar-refractivity contribution in [2.24, 2.45) is 0 Å². The first-order valence-corrected chi connectivity index (χ1v) is 10.5. The van der Waals surface area contributed by atoms with E-state index >= 15 is 0 Å². The largest absolute Gasteiger partial charge is 0.493 e. The molecule has 33 heavy (non-hydrogen) atoms. The highest BCUT2D eigenvalue weighted by Gasteiger charge is 2.09. The van der Waals surface area contributed by atoms with Crippen LogP contribution in [-0.2, 0) is 16.1 Å². The molecule has 166 valence electrons. The van der Waals surface area contributed by atoms with Gasteiger partial charge in [0.05, 0.1) is 18.3 Å². The molecule has 0 aliphatic rings. The number of carbonyl (C=O) groups excluding carboxylic acids is 2. The smallest absolute Gasteiger partial charge is 0.308 e. The predicted octanol–water partition coefficient (Wildman–Crippen LogP) is 5.28. The van der Waals surface area contributed by atoms with Crippen molar-refractivity contribution in [2.45, 2.75) is 13.5 Å². The molecule has 0 spiro atoms. The van der Waals surface area contributed by atoms with Gasteiger partial charge in [-0.05, 0) is 47.5 Å². The first-order chi connectivity index (χ1) is 16.0. The second-order valence-electron chi connectivity index (χ2n) is 7.49. The Kier molecular flexibility index (Phi) is 6.55. The molecule has 0 fully saturated rings. The Balaban J connectivity index is 1.50. The molecule has 1 aromatic heterocycles. The quantitative estimate of drug-likeness (QED) is 0.241. The summed E-state index contributed by atoms with van der Waals surface area (Å²) in [5.74, 6) is 0.0400. The highest BCUT2D eigenvalue weighted by Crippen LogP contribution is 2.29. The van der Waals surface area contributed by atoms with Crippen LogP contribution in [0.5, 0.6) is 11.5 Å². The molecular formula is C27H24N2O4. The van der Waals surface area contributed by atoms with Crippen molar-refractivity contribution in [1.82, 2.24) is 4.57 Å². The fourth-order valence-corrected chi connectivity index (χ4v) is 3.63. The number of benzene rings is 3. The van der Waals surface area contributed by atoms with Crippen LogP contribution in [-0.4, -0.2) is 23.6 Å². The Morgan fingerprint density at radius 2 is 1.79 bits per heavy atom. The van der Waals surface area contributed by atoms with Crippen molar-refractivity contribution >= 4 is 34.5 Å². The van der Waals surface area contributed by atoms with Gasteiger partial charge in [-0.25, -0.2) is 0 Å². The van der Waals surface area contributed by atoms with Gasteiger partial charge in [-0.15, -0.1) is 0 Å². The molecule has 1 N–H and O–H groups in total. The fourth-order valence-electron chi connectivity index (χ4n) is 3.63. The maximum Gasteiger partial charge on any atom is 0.308 e. The van der Waals surface area contributed by atoms with Crippen LogP contribution in [0.1, 0.15) is 18.1 Å². The Labute approximate surface area is 192 Å². The zero-order valence-corrected chi connectivity index (χ0v) is 18.4. The summed E-state index contributed by atoms with van der Waals surface area (Å²) in [6.07, 6.45) is 5.12. The zero-order valence-electron chi connectivity index (χ0n) is 18.4. The molecule has 1 heterocycles. The van der Waals surface area contributed by atoms with Crippen LogP contribution < -0.4 is 14.8 Å². The van der Waals surface area contributed by atoms with Crippen molar-refractivity contribution in [3.63, 3.8) is 0 Å². The average molecular weight is 440 g/mol. The van der Waals surface area contributed by atoms with Gasteiger partial charge < -0.3 is 19.4 Å². The SMILES string of the molecule is COc1ccc(/C=C/C(=O)Nc2cccc3c2ccn3Cc2ccccc2)cc1OC(C)=O. The summed E-state index contributed by atoms with van der Waals surface area (Å²) >= 11 is 0. The molecule has 0 radical (unpaired) electrons. The van der Waals surface area contributed by atoms with Crippen LogP contribution in [0, 0.1) is 0 Å². The number of fused-ring (bicyclic) bond motifs is 1. The van der Waals surface area contributed by atoms with Crippen LogP contribution in [0.15, 0.2) is 85.1 Å². The summed E-state index contributed by atoms with van der Waals surface area (Å²) in [6.45, 7) is 2.08. The molecule has 6 heteroatoms. The monoisotopic (exact) mass is 440 g/mol. The number of esters is 1. The van der Waals surface area contributed by atoms with Crippen LogP contribution in [0.4, 0.5) is 5.69 Å². The van der Waals surface area contributed by atoms with E-state index in [-0.39, 0.29) is 5.91 Å². The number of ether oxygens (including phenoxy) is 2. The minimum absolute atomic E-state index is 0.261. The molecule has 3 aromatic carbocycles. The molecule has 4 aromatic rings. The van der Waals surface area contributed by atoms with Crippen molar-refractivity contribution in [3.05, 3.63) is 96.2 Å². The highest BCUT2D eigenvalue weighted by atomic mass is 16.6. The summed E-state index contributed by atoms with van der Waals surface area (Å²) < 4.78 is 12.5. The molecule has 0 atom stereocenters. The number of amides is 1. The summed E-state index contributed by atoms with van der Waals surface area (Å²) in [4.78, 5) is 23.9. The Hall–Kier alpha value is -4.32. The van der Waals surface area contributed by atoms with E-state index in [1.54, 1.807) is 24.3 Å². The third-order valence-corrected chi connectivity index (χ3v) is 5.14. The fraction of sp³-hybridized carbons (Fsp3) is 0.111. The van der Waals surface area contributed by atoms with E-state index in [1.165, 1.54) is 25.7 Å². The number of carbonyl (C=O) groups is 2. The van der Waals surface area contributed by atoms with E-state index in [1.807, 2.05) is 48.7 Å². The third-order valence-electron chi connectivity index (χ3n) is 5.14. The number of nitrogens with one attached hydrogen (secondary N) is 1. The van der Waals surface area contributed by atoms with E-state index in [0.717, 1.165) is 23.1 Å². The summed E-state index contributed by atoms with van der Waals surface area (Å²) in [5, 5.41) is 3.92. The van der Waals surface area contributed by atoms with Crippen molar-refractivity contribution in [3.8, 4) is 11.5 Å². The van der Waals surface area contributed by atoms with Gasteiger partial charge in [0, 0.05) is 31.1 Å². The highest BCUT2D eigenvalue weighted by molar-refractivity contribution is 6.07. The number of aromatic nitrogens is 1. The molecule has 0 unspecified atom stereocenters. The Morgan fingerprint density at radius 1 is 0.970 bits per heavy atom. The van der Waals surface area contributed by atoms with Crippen molar-refractivity contribution in [2.75, 3.05) is 12.4 Å². The summed E-state index contributed by atoms with van der Waals surface area (Å²) in [5.41, 5.74) is 3.69. The Morgan fingerprint density at radius 3 is 2.55 bits per heavy atom. The Bertz CT molecular complexity index is 1320. The van der Waals surface area contributed by atoms with Gasteiger partial charge in [0.1, 0.15) is 0 Å². The van der Waals surface area contributed by atoms with Crippen molar-refractivity contribution in [1.29, 1.82) is 0 Å². The van der Waals surface area contributed by atoms with Gasteiger partial charge in [-0.1, -0.05) is 42.5 Å².